The molecule has 3 heteroatoms. The summed E-state index contributed by atoms with van der Waals surface area (Å²) in [5, 5.41) is 6.38. The molecule has 0 heterocycles. The molecule has 0 bridgehead atoms. The lowest BCUT2D eigenvalue weighted by atomic mass is 9.87. The Bertz CT molecular complexity index is 225. The molecule has 1 unspecified atom stereocenters. The number of nitrogens with one attached hydrogen (secondary N) is 2. The molecular weight excluding hydrogens is 224 g/mol. The Hall–Kier alpha value is -0.570. The van der Waals surface area contributed by atoms with E-state index in [0.29, 0.717) is 12.5 Å². The summed E-state index contributed by atoms with van der Waals surface area (Å²) in [6, 6.07) is 0.305. The molecule has 1 amide bonds. The van der Waals surface area contributed by atoms with Gasteiger partial charge in [-0.05, 0) is 32.2 Å². The van der Waals surface area contributed by atoms with E-state index in [0.717, 1.165) is 25.4 Å². The number of carbonyl (C=O) groups excluding carboxylic acids is 1. The van der Waals surface area contributed by atoms with Gasteiger partial charge in [0.1, 0.15) is 0 Å². The molecule has 0 radical (unpaired) electrons. The van der Waals surface area contributed by atoms with Crippen molar-refractivity contribution >= 4 is 5.91 Å². The highest BCUT2D eigenvalue weighted by molar-refractivity contribution is 5.76. The summed E-state index contributed by atoms with van der Waals surface area (Å²) in [5.41, 5.74) is 0. The summed E-state index contributed by atoms with van der Waals surface area (Å²) in [6.07, 6.45) is 9.98. The quantitative estimate of drug-likeness (QED) is 0.654. The van der Waals surface area contributed by atoms with Crippen LogP contribution in [0.3, 0.4) is 0 Å². The van der Waals surface area contributed by atoms with Gasteiger partial charge in [-0.25, -0.2) is 0 Å². The van der Waals surface area contributed by atoms with Gasteiger partial charge >= 0.3 is 0 Å². The summed E-state index contributed by atoms with van der Waals surface area (Å²) >= 11 is 0. The molecule has 18 heavy (non-hydrogen) atoms. The largest absolute Gasteiger partial charge is 0.354 e. The lowest BCUT2D eigenvalue weighted by Gasteiger charge is -2.21. The van der Waals surface area contributed by atoms with Gasteiger partial charge in [-0.15, -0.1) is 0 Å². The zero-order chi connectivity index (χ0) is 13.2. The van der Waals surface area contributed by atoms with E-state index in [2.05, 4.69) is 24.5 Å². The van der Waals surface area contributed by atoms with Crippen LogP contribution in [0.2, 0.25) is 0 Å². The molecule has 1 atom stereocenters. The minimum absolute atomic E-state index is 0.175. The van der Waals surface area contributed by atoms with Gasteiger partial charge in [0, 0.05) is 19.0 Å². The minimum atomic E-state index is 0.175. The van der Waals surface area contributed by atoms with Gasteiger partial charge in [0.15, 0.2) is 0 Å². The first-order valence-electron chi connectivity index (χ1n) is 7.72. The third-order valence-electron chi connectivity index (χ3n) is 4.00. The van der Waals surface area contributed by atoms with Gasteiger partial charge in [-0.1, -0.05) is 39.0 Å². The summed E-state index contributed by atoms with van der Waals surface area (Å²) < 4.78 is 0. The predicted octanol–water partition coefficient (Wildman–Crippen LogP) is 2.85. The van der Waals surface area contributed by atoms with Crippen LogP contribution in [0.5, 0.6) is 0 Å². The van der Waals surface area contributed by atoms with Crippen LogP contribution in [0.25, 0.3) is 0 Å². The van der Waals surface area contributed by atoms with Crippen LogP contribution in [0.4, 0.5) is 0 Å². The van der Waals surface area contributed by atoms with Crippen molar-refractivity contribution in [2.24, 2.45) is 5.92 Å². The van der Waals surface area contributed by atoms with Gasteiger partial charge in [0.05, 0.1) is 0 Å². The SMILES string of the molecule is CCC(C)NC(=O)CCNCCC1CCCCC1. The number of hydrogen-bond donors (Lipinski definition) is 2. The van der Waals surface area contributed by atoms with Gasteiger partial charge < -0.3 is 10.6 Å². The molecule has 0 aromatic heterocycles. The zero-order valence-electron chi connectivity index (χ0n) is 12.1. The Morgan fingerprint density at radius 1 is 1.22 bits per heavy atom. The normalized spacial score (nSPS) is 18.6. The summed E-state index contributed by atoms with van der Waals surface area (Å²) in [5.74, 6) is 1.11. The first-order valence-corrected chi connectivity index (χ1v) is 7.72. The van der Waals surface area contributed by atoms with Gasteiger partial charge in [-0.3, -0.25) is 4.79 Å². The number of amides is 1. The predicted molar refractivity (Wildman–Crippen MR) is 76.6 cm³/mol. The Labute approximate surface area is 112 Å². The smallest absolute Gasteiger partial charge is 0.221 e. The monoisotopic (exact) mass is 254 g/mol. The van der Waals surface area contributed by atoms with E-state index >= 15 is 0 Å². The van der Waals surface area contributed by atoms with Crippen molar-refractivity contribution in [3.05, 3.63) is 0 Å². The van der Waals surface area contributed by atoms with Crippen molar-refractivity contribution in [3.8, 4) is 0 Å². The maximum absolute atomic E-state index is 11.5. The van der Waals surface area contributed by atoms with Gasteiger partial charge in [0.2, 0.25) is 5.91 Å². The molecule has 106 valence electrons. The van der Waals surface area contributed by atoms with Crippen LogP contribution in [0, 0.1) is 5.92 Å². The molecule has 0 saturated heterocycles. The van der Waals surface area contributed by atoms with Crippen molar-refractivity contribution in [3.63, 3.8) is 0 Å². The Kier molecular flexibility index (Phi) is 8.06. The summed E-state index contributed by atoms with van der Waals surface area (Å²) in [4.78, 5) is 11.5. The van der Waals surface area contributed by atoms with E-state index in [-0.39, 0.29) is 5.91 Å². The Balaban J connectivity index is 1.92. The topological polar surface area (TPSA) is 41.1 Å². The molecule has 0 aliphatic heterocycles. The zero-order valence-corrected chi connectivity index (χ0v) is 12.1. The fraction of sp³-hybridized carbons (Fsp3) is 0.933. The highest BCUT2D eigenvalue weighted by Gasteiger charge is 2.12. The minimum Gasteiger partial charge on any atom is -0.354 e. The van der Waals surface area contributed by atoms with E-state index in [1.807, 2.05) is 0 Å². The van der Waals surface area contributed by atoms with Crippen LogP contribution in [0.15, 0.2) is 0 Å². The van der Waals surface area contributed by atoms with E-state index in [1.54, 1.807) is 0 Å². The molecular formula is C15H30N2O. The molecule has 0 aromatic rings. The molecule has 1 rings (SSSR count). The van der Waals surface area contributed by atoms with Gasteiger partial charge in [-0.2, -0.15) is 0 Å². The fourth-order valence-corrected chi connectivity index (χ4v) is 2.56. The molecule has 1 aliphatic rings. The van der Waals surface area contributed by atoms with Crippen molar-refractivity contribution in [2.75, 3.05) is 13.1 Å². The molecule has 2 N–H and O–H groups in total. The van der Waals surface area contributed by atoms with Crippen LogP contribution in [-0.2, 0) is 4.79 Å². The molecule has 1 aliphatic carbocycles. The lowest BCUT2D eigenvalue weighted by Crippen LogP contribution is -2.34. The lowest BCUT2D eigenvalue weighted by molar-refractivity contribution is -0.121. The highest BCUT2D eigenvalue weighted by Crippen LogP contribution is 2.25. The van der Waals surface area contributed by atoms with Crippen LogP contribution in [-0.4, -0.2) is 25.0 Å². The van der Waals surface area contributed by atoms with Crippen LogP contribution in [0.1, 0.15) is 65.2 Å². The Morgan fingerprint density at radius 3 is 2.61 bits per heavy atom. The van der Waals surface area contributed by atoms with E-state index < -0.39 is 0 Å². The first kappa shape index (κ1) is 15.5. The Morgan fingerprint density at radius 2 is 1.94 bits per heavy atom. The summed E-state index contributed by atoms with van der Waals surface area (Å²) in [7, 11) is 0. The molecule has 3 nitrogen and oxygen atoms in total. The van der Waals surface area contributed by atoms with Crippen molar-refractivity contribution < 1.29 is 4.79 Å². The molecule has 0 spiro atoms. The second-order valence-corrected chi connectivity index (χ2v) is 5.67. The maximum Gasteiger partial charge on any atom is 0.221 e. The van der Waals surface area contributed by atoms with Crippen LogP contribution < -0.4 is 10.6 Å². The van der Waals surface area contributed by atoms with E-state index in [9.17, 15) is 4.79 Å². The second-order valence-electron chi connectivity index (χ2n) is 5.67. The fourth-order valence-electron chi connectivity index (χ4n) is 2.56. The number of carbonyl (C=O) groups is 1. The van der Waals surface area contributed by atoms with Crippen molar-refractivity contribution in [1.29, 1.82) is 0 Å². The van der Waals surface area contributed by atoms with Crippen LogP contribution >= 0.6 is 0 Å². The van der Waals surface area contributed by atoms with E-state index in [4.69, 9.17) is 0 Å². The highest BCUT2D eigenvalue weighted by atomic mass is 16.1. The first-order chi connectivity index (χ1) is 8.72. The van der Waals surface area contributed by atoms with E-state index in [1.165, 1.54) is 38.5 Å². The standard InChI is InChI=1S/C15H30N2O/c1-3-13(2)17-15(18)10-12-16-11-9-14-7-5-4-6-8-14/h13-14,16H,3-12H2,1-2H3,(H,17,18). The van der Waals surface area contributed by atoms with Crippen molar-refractivity contribution in [1.82, 2.24) is 10.6 Å². The van der Waals surface area contributed by atoms with Gasteiger partial charge in [0.25, 0.3) is 0 Å². The maximum atomic E-state index is 11.5. The third-order valence-corrected chi connectivity index (χ3v) is 4.00. The van der Waals surface area contributed by atoms with Crippen molar-refractivity contribution in [2.45, 2.75) is 71.3 Å². The average molecular weight is 254 g/mol. The third kappa shape index (κ3) is 7.00. The summed E-state index contributed by atoms with van der Waals surface area (Å²) in [6.45, 7) is 6.03. The average Bonchev–Trinajstić information content (AvgIpc) is 2.39. The molecule has 1 fully saturated rings. The molecule has 0 aromatic carbocycles. The number of rotatable bonds is 8. The molecule has 1 saturated carbocycles. The second kappa shape index (κ2) is 9.37. The number of hydrogen-bond acceptors (Lipinski definition) is 2.